The summed E-state index contributed by atoms with van der Waals surface area (Å²) < 4.78 is 0. The lowest BCUT2D eigenvalue weighted by atomic mass is 10.0. The monoisotopic (exact) mass is 337 g/mol. The number of piperazine rings is 1. The molecule has 0 amide bonds. The number of hydrogen-bond donors (Lipinski definition) is 1. The van der Waals surface area contributed by atoms with Crippen LogP contribution in [0.1, 0.15) is 24.4 Å². The highest BCUT2D eigenvalue weighted by Crippen LogP contribution is 2.30. The SMILES string of the molecule is C=CCC[C@H](c1cccnc1Cl)N1CCNCC1.Cl.Cl. The molecule has 2 rings (SSSR count). The average molecular weight is 339 g/mol. The quantitative estimate of drug-likeness (QED) is 0.658. The molecule has 1 aromatic rings. The van der Waals surface area contributed by atoms with Gasteiger partial charge in [0.1, 0.15) is 5.15 Å². The van der Waals surface area contributed by atoms with Crippen LogP contribution >= 0.6 is 36.4 Å². The Balaban J connectivity index is 0.00000180. The molecule has 1 atom stereocenters. The van der Waals surface area contributed by atoms with Crippen molar-refractivity contribution >= 4 is 36.4 Å². The minimum absolute atomic E-state index is 0. The van der Waals surface area contributed by atoms with Crippen molar-refractivity contribution in [1.82, 2.24) is 15.2 Å². The molecule has 0 aliphatic carbocycles. The Morgan fingerprint density at radius 1 is 1.40 bits per heavy atom. The first-order valence-electron chi connectivity index (χ1n) is 6.49. The number of allylic oxidation sites excluding steroid dienone is 1. The van der Waals surface area contributed by atoms with E-state index in [0.29, 0.717) is 11.2 Å². The number of nitrogens with one attached hydrogen (secondary N) is 1. The fourth-order valence-electron chi connectivity index (χ4n) is 2.45. The Kier molecular flexibility index (Phi) is 10.2. The van der Waals surface area contributed by atoms with Gasteiger partial charge in [0.15, 0.2) is 0 Å². The summed E-state index contributed by atoms with van der Waals surface area (Å²) in [4.78, 5) is 6.69. The van der Waals surface area contributed by atoms with Gasteiger partial charge in [0.2, 0.25) is 0 Å². The average Bonchev–Trinajstić information content (AvgIpc) is 2.42. The van der Waals surface area contributed by atoms with Gasteiger partial charge in [-0.3, -0.25) is 4.90 Å². The zero-order valence-corrected chi connectivity index (χ0v) is 13.8. The van der Waals surface area contributed by atoms with E-state index in [4.69, 9.17) is 11.6 Å². The highest BCUT2D eigenvalue weighted by atomic mass is 35.5. The number of rotatable bonds is 5. The first kappa shape index (κ1) is 19.7. The molecule has 1 aromatic heterocycles. The summed E-state index contributed by atoms with van der Waals surface area (Å²) in [5, 5.41) is 4.01. The smallest absolute Gasteiger partial charge is 0.133 e. The molecule has 1 saturated heterocycles. The van der Waals surface area contributed by atoms with Gasteiger partial charge in [-0.05, 0) is 18.9 Å². The fraction of sp³-hybridized carbons (Fsp3) is 0.500. The Labute approximate surface area is 138 Å². The third kappa shape index (κ3) is 5.23. The van der Waals surface area contributed by atoms with Gasteiger partial charge in [0.05, 0.1) is 0 Å². The molecule has 1 aliphatic rings. The van der Waals surface area contributed by atoms with Gasteiger partial charge >= 0.3 is 0 Å². The van der Waals surface area contributed by atoms with E-state index in [1.807, 2.05) is 12.1 Å². The van der Waals surface area contributed by atoms with Gasteiger partial charge in [-0.2, -0.15) is 0 Å². The molecule has 20 heavy (non-hydrogen) atoms. The molecule has 6 heteroatoms. The van der Waals surface area contributed by atoms with Crippen molar-refractivity contribution in [2.45, 2.75) is 18.9 Å². The molecule has 1 N–H and O–H groups in total. The van der Waals surface area contributed by atoms with Gasteiger partial charge < -0.3 is 5.32 Å². The van der Waals surface area contributed by atoms with Crippen molar-refractivity contribution < 1.29 is 0 Å². The first-order valence-corrected chi connectivity index (χ1v) is 6.87. The van der Waals surface area contributed by atoms with E-state index < -0.39 is 0 Å². The molecule has 0 saturated carbocycles. The summed E-state index contributed by atoms with van der Waals surface area (Å²) in [5.74, 6) is 0. The lowest BCUT2D eigenvalue weighted by molar-refractivity contribution is 0.166. The van der Waals surface area contributed by atoms with Crippen molar-refractivity contribution in [3.8, 4) is 0 Å². The van der Waals surface area contributed by atoms with Gasteiger partial charge in [0, 0.05) is 44.0 Å². The van der Waals surface area contributed by atoms with Crippen LogP contribution in [0.5, 0.6) is 0 Å². The zero-order chi connectivity index (χ0) is 12.8. The second kappa shape index (κ2) is 10.4. The summed E-state index contributed by atoms with van der Waals surface area (Å²) in [6.07, 6.45) is 5.77. The van der Waals surface area contributed by atoms with Crippen molar-refractivity contribution in [3.63, 3.8) is 0 Å². The Morgan fingerprint density at radius 3 is 2.70 bits per heavy atom. The Hall–Kier alpha value is -0.320. The van der Waals surface area contributed by atoms with Crippen LogP contribution in [0.4, 0.5) is 0 Å². The number of hydrogen-bond acceptors (Lipinski definition) is 3. The van der Waals surface area contributed by atoms with Crippen LogP contribution in [0.3, 0.4) is 0 Å². The molecule has 3 nitrogen and oxygen atoms in total. The maximum Gasteiger partial charge on any atom is 0.133 e. The number of halogens is 3. The van der Waals surface area contributed by atoms with Crippen LogP contribution in [0.15, 0.2) is 31.0 Å². The van der Waals surface area contributed by atoms with Gasteiger partial charge in [-0.1, -0.05) is 23.7 Å². The van der Waals surface area contributed by atoms with Crippen LogP contribution in [-0.2, 0) is 0 Å². The third-order valence-electron chi connectivity index (χ3n) is 3.38. The van der Waals surface area contributed by atoms with Crippen LogP contribution in [0.2, 0.25) is 5.15 Å². The van der Waals surface area contributed by atoms with Crippen LogP contribution < -0.4 is 5.32 Å². The van der Waals surface area contributed by atoms with E-state index in [9.17, 15) is 0 Å². The molecular formula is C14H22Cl3N3. The molecule has 2 heterocycles. The molecule has 0 radical (unpaired) electrons. The van der Waals surface area contributed by atoms with Gasteiger partial charge in [0.25, 0.3) is 0 Å². The minimum Gasteiger partial charge on any atom is -0.314 e. The normalized spacial score (nSPS) is 16.6. The number of aromatic nitrogens is 1. The van der Waals surface area contributed by atoms with Crippen molar-refractivity contribution in [2.24, 2.45) is 0 Å². The molecule has 0 spiro atoms. The molecule has 0 bridgehead atoms. The van der Waals surface area contributed by atoms with E-state index in [1.54, 1.807) is 6.20 Å². The second-order valence-electron chi connectivity index (χ2n) is 4.55. The summed E-state index contributed by atoms with van der Waals surface area (Å²) in [6.45, 7) is 8.03. The van der Waals surface area contributed by atoms with Gasteiger partial charge in [-0.25, -0.2) is 4.98 Å². The van der Waals surface area contributed by atoms with Crippen LogP contribution in [-0.4, -0.2) is 36.1 Å². The molecule has 0 unspecified atom stereocenters. The van der Waals surface area contributed by atoms with Gasteiger partial charge in [-0.15, -0.1) is 31.4 Å². The molecule has 1 fully saturated rings. The first-order chi connectivity index (χ1) is 8.83. The number of pyridine rings is 1. The zero-order valence-electron chi connectivity index (χ0n) is 11.4. The fourth-order valence-corrected chi connectivity index (χ4v) is 2.70. The lowest BCUT2D eigenvalue weighted by Gasteiger charge is -2.35. The standard InChI is InChI=1S/C14H20ClN3.2ClH/c1-2-3-6-13(18-10-8-16-9-11-18)12-5-4-7-17-14(12)15;;/h2,4-5,7,13,16H,1,3,6,8-11H2;2*1H/t13-;;/m1../s1. The summed E-state index contributed by atoms with van der Waals surface area (Å²) >= 11 is 6.24. The van der Waals surface area contributed by atoms with E-state index in [0.717, 1.165) is 44.6 Å². The van der Waals surface area contributed by atoms with Crippen molar-refractivity contribution in [1.29, 1.82) is 0 Å². The predicted octanol–water partition coefficient (Wildman–Crippen LogP) is 3.49. The second-order valence-corrected chi connectivity index (χ2v) is 4.91. The van der Waals surface area contributed by atoms with E-state index in [1.165, 1.54) is 0 Å². The molecule has 114 valence electrons. The largest absolute Gasteiger partial charge is 0.314 e. The minimum atomic E-state index is 0. The molecule has 0 aromatic carbocycles. The highest BCUT2D eigenvalue weighted by molar-refractivity contribution is 6.30. The molecule has 1 aliphatic heterocycles. The third-order valence-corrected chi connectivity index (χ3v) is 3.70. The highest BCUT2D eigenvalue weighted by Gasteiger charge is 2.23. The molecular weight excluding hydrogens is 317 g/mol. The predicted molar refractivity (Wildman–Crippen MR) is 90.4 cm³/mol. The maximum atomic E-state index is 6.24. The van der Waals surface area contributed by atoms with E-state index in [2.05, 4.69) is 27.8 Å². The topological polar surface area (TPSA) is 28.2 Å². The van der Waals surface area contributed by atoms with Crippen LogP contribution in [0.25, 0.3) is 0 Å². The summed E-state index contributed by atoms with van der Waals surface area (Å²) in [6, 6.07) is 4.40. The summed E-state index contributed by atoms with van der Waals surface area (Å²) in [5.41, 5.74) is 1.14. The Bertz CT molecular complexity index is 395. The van der Waals surface area contributed by atoms with E-state index in [-0.39, 0.29) is 24.8 Å². The van der Waals surface area contributed by atoms with Crippen molar-refractivity contribution in [2.75, 3.05) is 26.2 Å². The van der Waals surface area contributed by atoms with Crippen LogP contribution in [0, 0.1) is 0 Å². The summed E-state index contributed by atoms with van der Waals surface area (Å²) in [7, 11) is 0. The van der Waals surface area contributed by atoms with Crippen molar-refractivity contribution in [3.05, 3.63) is 41.7 Å². The number of nitrogens with zero attached hydrogens (tertiary/aromatic N) is 2. The Morgan fingerprint density at radius 2 is 2.10 bits per heavy atom. The lowest BCUT2D eigenvalue weighted by Crippen LogP contribution is -2.45. The maximum absolute atomic E-state index is 6.24. The van der Waals surface area contributed by atoms with E-state index >= 15 is 0 Å².